The summed E-state index contributed by atoms with van der Waals surface area (Å²) < 4.78 is 2.01. The molecule has 0 fully saturated rings. The van der Waals surface area contributed by atoms with Crippen LogP contribution < -0.4 is 5.32 Å². The molecule has 0 aliphatic carbocycles. The molecule has 7 nitrogen and oxygen atoms in total. The van der Waals surface area contributed by atoms with Crippen molar-refractivity contribution in [2.45, 2.75) is 11.6 Å². The van der Waals surface area contributed by atoms with E-state index in [1.54, 1.807) is 24.3 Å². The van der Waals surface area contributed by atoms with Gasteiger partial charge in [0.25, 0.3) is 0 Å². The van der Waals surface area contributed by atoms with Gasteiger partial charge in [0.15, 0.2) is 5.65 Å². The summed E-state index contributed by atoms with van der Waals surface area (Å²) in [5, 5.41) is 12.3. The molecule has 0 amide bonds. The standard InChI is InChI=1S/C11H13N7S/c1-19-11-8-9(14-6-15-10(8)16-17-11)13-3-5-18-4-2-12-7-18/h2,4,6-7H,3,5H2,1H3,(H2,13,14,15,16,17). The van der Waals surface area contributed by atoms with Gasteiger partial charge < -0.3 is 9.88 Å². The third kappa shape index (κ3) is 2.39. The lowest BCUT2D eigenvalue weighted by Gasteiger charge is -2.07. The number of anilines is 1. The lowest BCUT2D eigenvalue weighted by atomic mass is 10.4. The molecule has 0 saturated heterocycles. The van der Waals surface area contributed by atoms with Crippen LogP contribution in [0.25, 0.3) is 11.0 Å². The van der Waals surface area contributed by atoms with Crippen molar-refractivity contribution < 1.29 is 0 Å². The third-order valence-electron chi connectivity index (χ3n) is 2.74. The van der Waals surface area contributed by atoms with Crippen LogP contribution in [0.15, 0.2) is 30.1 Å². The van der Waals surface area contributed by atoms with E-state index in [2.05, 4.69) is 30.5 Å². The normalized spacial score (nSPS) is 11.0. The summed E-state index contributed by atoms with van der Waals surface area (Å²) in [5.74, 6) is 0.809. The van der Waals surface area contributed by atoms with Crippen LogP contribution in [0, 0.1) is 0 Å². The number of rotatable bonds is 5. The molecule has 3 aromatic rings. The van der Waals surface area contributed by atoms with E-state index in [-0.39, 0.29) is 0 Å². The quantitative estimate of drug-likeness (QED) is 0.684. The molecule has 3 aromatic heterocycles. The summed E-state index contributed by atoms with van der Waals surface area (Å²) in [6.45, 7) is 1.60. The molecule has 2 N–H and O–H groups in total. The number of hydrogen-bond donors (Lipinski definition) is 2. The van der Waals surface area contributed by atoms with Gasteiger partial charge >= 0.3 is 0 Å². The van der Waals surface area contributed by atoms with Crippen molar-refractivity contribution in [2.75, 3.05) is 18.1 Å². The molecule has 0 radical (unpaired) electrons. The Bertz CT molecular complexity index is 661. The second kappa shape index (κ2) is 5.27. The number of fused-ring (bicyclic) bond motifs is 1. The molecule has 19 heavy (non-hydrogen) atoms. The Morgan fingerprint density at radius 1 is 1.42 bits per heavy atom. The molecule has 3 rings (SSSR count). The summed E-state index contributed by atoms with van der Waals surface area (Å²) in [6.07, 6.45) is 9.01. The summed E-state index contributed by atoms with van der Waals surface area (Å²) >= 11 is 1.57. The summed E-state index contributed by atoms with van der Waals surface area (Å²) in [6, 6.07) is 0. The Balaban J connectivity index is 1.78. The van der Waals surface area contributed by atoms with Crippen LogP contribution in [0.1, 0.15) is 0 Å². The Morgan fingerprint density at radius 3 is 3.16 bits per heavy atom. The maximum Gasteiger partial charge on any atom is 0.161 e. The molecule has 0 atom stereocenters. The first-order chi connectivity index (χ1) is 9.38. The van der Waals surface area contributed by atoms with Crippen molar-refractivity contribution in [3.05, 3.63) is 25.0 Å². The molecular formula is C11H13N7S. The Kier molecular flexibility index (Phi) is 3.32. The van der Waals surface area contributed by atoms with Crippen molar-refractivity contribution in [2.24, 2.45) is 0 Å². The molecule has 8 heteroatoms. The van der Waals surface area contributed by atoms with Gasteiger partial charge in [-0.1, -0.05) is 0 Å². The van der Waals surface area contributed by atoms with Crippen LogP contribution in [0.4, 0.5) is 5.82 Å². The summed E-state index contributed by atoms with van der Waals surface area (Å²) in [5.41, 5.74) is 0.754. The molecule has 0 unspecified atom stereocenters. The lowest BCUT2D eigenvalue weighted by molar-refractivity contribution is 0.725. The predicted molar refractivity (Wildman–Crippen MR) is 74.2 cm³/mol. The van der Waals surface area contributed by atoms with E-state index < -0.39 is 0 Å². The Labute approximate surface area is 113 Å². The van der Waals surface area contributed by atoms with E-state index in [1.807, 2.05) is 17.0 Å². The van der Waals surface area contributed by atoms with Gasteiger partial charge in [-0.2, -0.15) is 5.10 Å². The van der Waals surface area contributed by atoms with Crippen LogP contribution in [0.2, 0.25) is 0 Å². The SMILES string of the molecule is CSc1n[nH]c2ncnc(NCCn3ccnc3)c12. The molecule has 0 aromatic carbocycles. The first-order valence-electron chi connectivity index (χ1n) is 5.81. The van der Waals surface area contributed by atoms with E-state index in [4.69, 9.17) is 0 Å². The van der Waals surface area contributed by atoms with E-state index in [0.717, 1.165) is 35.0 Å². The van der Waals surface area contributed by atoms with Crippen molar-refractivity contribution in [3.63, 3.8) is 0 Å². The second-order valence-corrected chi connectivity index (χ2v) is 4.70. The fourth-order valence-electron chi connectivity index (χ4n) is 1.84. The summed E-state index contributed by atoms with van der Waals surface area (Å²) in [7, 11) is 0. The lowest BCUT2D eigenvalue weighted by Crippen LogP contribution is -2.10. The fourth-order valence-corrected chi connectivity index (χ4v) is 2.37. The number of hydrogen-bond acceptors (Lipinski definition) is 6. The summed E-state index contributed by atoms with van der Waals surface area (Å²) in [4.78, 5) is 12.5. The van der Waals surface area contributed by atoms with Gasteiger partial charge in [0, 0.05) is 25.5 Å². The zero-order valence-electron chi connectivity index (χ0n) is 10.4. The third-order valence-corrected chi connectivity index (χ3v) is 3.42. The van der Waals surface area contributed by atoms with E-state index in [1.165, 1.54) is 6.33 Å². The highest BCUT2D eigenvalue weighted by Crippen LogP contribution is 2.27. The maximum atomic E-state index is 4.29. The molecule has 98 valence electrons. The average molecular weight is 275 g/mol. The molecular weight excluding hydrogens is 262 g/mol. The van der Waals surface area contributed by atoms with Gasteiger partial charge in [-0.3, -0.25) is 5.10 Å². The van der Waals surface area contributed by atoms with Crippen LogP contribution in [0.5, 0.6) is 0 Å². The van der Waals surface area contributed by atoms with E-state index in [0.29, 0.717) is 0 Å². The molecule has 0 aliphatic rings. The average Bonchev–Trinajstić information content (AvgIpc) is 3.07. The van der Waals surface area contributed by atoms with E-state index in [9.17, 15) is 0 Å². The minimum Gasteiger partial charge on any atom is -0.368 e. The maximum absolute atomic E-state index is 4.29. The minimum absolute atomic E-state index is 0.754. The van der Waals surface area contributed by atoms with Crippen molar-refractivity contribution >= 4 is 28.6 Å². The molecule has 0 aliphatic heterocycles. The zero-order valence-corrected chi connectivity index (χ0v) is 11.2. The number of imidazole rings is 1. The second-order valence-electron chi connectivity index (χ2n) is 3.91. The monoisotopic (exact) mass is 275 g/mol. The van der Waals surface area contributed by atoms with Gasteiger partial charge in [-0.15, -0.1) is 11.8 Å². The van der Waals surface area contributed by atoms with Crippen molar-refractivity contribution in [1.82, 2.24) is 29.7 Å². The Hall–Kier alpha value is -2.09. The largest absolute Gasteiger partial charge is 0.368 e. The first kappa shape index (κ1) is 12.0. The fraction of sp³-hybridized carbons (Fsp3) is 0.273. The smallest absolute Gasteiger partial charge is 0.161 e. The number of H-pyrrole nitrogens is 1. The number of nitrogens with zero attached hydrogens (tertiary/aromatic N) is 5. The first-order valence-corrected chi connectivity index (χ1v) is 7.03. The minimum atomic E-state index is 0.754. The number of nitrogens with one attached hydrogen (secondary N) is 2. The van der Waals surface area contributed by atoms with Gasteiger partial charge in [-0.05, 0) is 6.26 Å². The van der Waals surface area contributed by atoms with Gasteiger partial charge in [0.1, 0.15) is 17.2 Å². The van der Waals surface area contributed by atoms with Crippen LogP contribution in [0.3, 0.4) is 0 Å². The van der Waals surface area contributed by atoms with Gasteiger partial charge in [-0.25, -0.2) is 15.0 Å². The zero-order chi connectivity index (χ0) is 13.1. The number of thioether (sulfide) groups is 1. The van der Waals surface area contributed by atoms with Crippen molar-refractivity contribution in [1.29, 1.82) is 0 Å². The van der Waals surface area contributed by atoms with Crippen LogP contribution in [-0.2, 0) is 6.54 Å². The van der Waals surface area contributed by atoms with Gasteiger partial charge in [0.2, 0.25) is 0 Å². The highest BCUT2D eigenvalue weighted by molar-refractivity contribution is 7.98. The van der Waals surface area contributed by atoms with E-state index >= 15 is 0 Å². The Morgan fingerprint density at radius 2 is 2.37 bits per heavy atom. The predicted octanol–water partition coefficient (Wildman–Crippen LogP) is 1.38. The van der Waals surface area contributed by atoms with Crippen LogP contribution >= 0.6 is 11.8 Å². The molecule has 3 heterocycles. The molecule has 0 spiro atoms. The van der Waals surface area contributed by atoms with Gasteiger partial charge in [0.05, 0.1) is 11.7 Å². The van der Waals surface area contributed by atoms with Crippen molar-refractivity contribution in [3.8, 4) is 0 Å². The van der Waals surface area contributed by atoms with Crippen LogP contribution in [-0.4, -0.2) is 42.5 Å². The molecule has 0 bridgehead atoms. The molecule has 0 saturated carbocycles. The highest BCUT2D eigenvalue weighted by Gasteiger charge is 2.11. The number of aromatic nitrogens is 6. The number of aromatic amines is 1. The highest BCUT2D eigenvalue weighted by atomic mass is 32.2. The topological polar surface area (TPSA) is 84.3 Å².